The number of methoxy groups -OCH3 is 1. The molecule has 1 aliphatic heterocycles. The normalized spacial score (nSPS) is 15.8. The summed E-state index contributed by atoms with van der Waals surface area (Å²) in [5.41, 5.74) is 3.12. The molecule has 0 bridgehead atoms. The first-order valence-corrected chi connectivity index (χ1v) is 11.4. The van der Waals surface area contributed by atoms with Crippen LogP contribution < -0.4 is 15.0 Å². The lowest BCUT2D eigenvalue weighted by atomic mass is 10.2. The second kappa shape index (κ2) is 9.37. The zero-order chi connectivity index (χ0) is 22.7. The van der Waals surface area contributed by atoms with Crippen LogP contribution in [0.4, 0.5) is 16.5 Å². The largest absolute Gasteiger partial charge is 0.497 e. The highest BCUT2D eigenvalue weighted by molar-refractivity contribution is 8.18. The van der Waals surface area contributed by atoms with E-state index in [2.05, 4.69) is 15.3 Å². The summed E-state index contributed by atoms with van der Waals surface area (Å²) in [6.07, 6.45) is 1.70. The van der Waals surface area contributed by atoms with Gasteiger partial charge in [-0.3, -0.25) is 14.5 Å². The second-order valence-electron chi connectivity index (χ2n) is 6.88. The number of ether oxygens (including phenoxy) is 1. The molecule has 0 spiro atoms. The molecule has 1 aromatic heterocycles. The van der Waals surface area contributed by atoms with Gasteiger partial charge < -0.3 is 10.1 Å². The number of carbonyl (C=O) groups is 2. The molecule has 0 aliphatic carbocycles. The van der Waals surface area contributed by atoms with Gasteiger partial charge in [0.25, 0.3) is 5.91 Å². The Morgan fingerprint density at radius 1 is 1.19 bits per heavy atom. The van der Waals surface area contributed by atoms with Gasteiger partial charge >= 0.3 is 0 Å². The summed E-state index contributed by atoms with van der Waals surface area (Å²) < 4.78 is 5.18. The van der Waals surface area contributed by atoms with Crippen LogP contribution >= 0.6 is 23.1 Å². The van der Waals surface area contributed by atoms with E-state index < -0.39 is 0 Å². The lowest BCUT2D eigenvalue weighted by molar-refractivity contribution is -0.116. The van der Waals surface area contributed by atoms with Crippen molar-refractivity contribution >= 4 is 62.7 Å². The molecular formula is C23H20N4O3S2. The Balaban J connectivity index is 1.56. The monoisotopic (exact) mass is 464 g/mol. The van der Waals surface area contributed by atoms with Gasteiger partial charge in [0.1, 0.15) is 5.75 Å². The predicted octanol–water partition coefficient (Wildman–Crippen LogP) is 5.04. The highest BCUT2D eigenvalue weighted by atomic mass is 32.2. The van der Waals surface area contributed by atoms with E-state index in [1.807, 2.05) is 36.6 Å². The van der Waals surface area contributed by atoms with Crippen LogP contribution in [-0.2, 0) is 9.59 Å². The van der Waals surface area contributed by atoms with Crippen LogP contribution in [0.1, 0.15) is 18.2 Å². The SMILES string of the molecule is COc1ccc(N(C(C)=O)c2nc(C=C3SC(=Nc4ccccc4C)NC3=O)cs2)cc1. The molecule has 0 radical (unpaired) electrons. The van der Waals surface area contributed by atoms with Gasteiger partial charge in [-0.2, -0.15) is 0 Å². The van der Waals surface area contributed by atoms with E-state index >= 15 is 0 Å². The molecule has 9 heteroatoms. The Labute approximate surface area is 193 Å². The van der Waals surface area contributed by atoms with Crippen LogP contribution in [0.3, 0.4) is 0 Å². The van der Waals surface area contributed by atoms with Crippen molar-refractivity contribution in [2.45, 2.75) is 13.8 Å². The first-order valence-electron chi connectivity index (χ1n) is 9.70. The number of thiazole rings is 1. The number of hydrogen-bond donors (Lipinski definition) is 1. The molecule has 1 fully saturated rings. The predicted molar refractivity (Wildman–Crippen MR) is 130 cm³/mol. The van der Waals surface area contributed by atoms with Gasteiger partial charge in [0.2, 0.25) is 5.91 Å². The molecule has 0 atom stereocenters. The fraction of sp³-hybridized carbons (Fsp3) is 0.130. The average molecular weight is 465 g/mol. The van der Waals surface area contributed by atoms with E-state index in [1.54, 1.807) is 37.5 Å². The number of carbonyl (C=O) groups excluding carboxylic acids is 2. The molecule has 1 N–H and O–H groups in total. The summed E-state index contributed by atoms with van der Waals surface area (Å²) in [4.78, 5) is 35.8. The average Bonchev–Trinajstić information content (AvgIpc) is 3.37. The number of amides is 2. The van der Waals surface area contributed by atoms with Crippen LogP contribution in [-0.4, -0.2) is 29.1 Å². The van der Waals surface area contributed by atoms with Gasteiger partial charge in [-0.05, 0) is 60.7 Å². The summed E-state index contributed by atoms with van der Waals surface area (Å²) in [5.74, 6) is 0.314. The van der Waals surface area contributed by atoms with E-state index in [4.69, 9.17) is 4.74 Å². The van der Waals surface area contributed by atoms with Crippen molar-refractivity contribution in [3.8, 4) is 5.75 Å². The number of anilines is 2. The standard InChI is InChI=1S/C23H20N4O3S2/c1-14-6-4-5-7-19(14)25-22-26-21(29)20(32-22)12-16-13-31-23(24-16)27(15(2)28)17-8-10-18(30-3)11-9-17/h4-13H,1-3H3,(H,25,26,29). The number of para-hydroxylation sites is 1. The number of aromatic nitrogens is 1. The van der Waals surface area contributed by atoms with Crippen molar-refractivity contribution in [1.82, 2.24) is 10.3 Å². The third-order valence-corrected chi connectivity index (χ3v) is 6.37. The number of rotatable bonds is 5. The lowest BCUT2D eigenvalue weighted by Crippen LogP contribution is -2.22. The maximum absolute atomic E-state index is 12.4. The zero-order valence-corrected chi connectivity index (χ0v) is 19.3. The highest BCUT2D eigenvalue weighted by Gasteiger charge is 2.25. The summed E-state index contributed by atoms with van der Waals surface area (Å²) in [7, 11) is 1.59. The Bertz CT molecular complexity index is 1230. The fourth-order valence-electron chi connectivity index (χ4n) is 3.02. The Morgan fingerprint density at radius 3 is 2.62 bits per heavy atom. The first kappa shape index (κ1) is 21.8. The zero-order valence-electron chi connectivity index (χ0n) is 17.7. The van der Waals surface area contributed by atoms with Crippen LogP contribution in [0.15, 0.2) is 63.8 Å². The molecular weight excluding hydrogens is 444 g/mol. The molecule has 7 nitrogen and oxygen atoms in total. The first-order chi connectivity index (χ1) is 15.4. The number of nitrogens with one attached hydrogen (secondary N) is 1. The van der Waals surface area contributed by atoms with Crippen LogP contribution in [0.5, 0.6) is 5.75 Å². The van der Waals surface area contributed by atoms with Gasteiger partial charge in [0.05, 0.1) is 29.1 Å². The number of benzene rings is 2. The summed E-state index contributed by atoms with van der Waals surface area (Å²) in [6.45, 7) is 3.45. The molecule has 2 heterocycles. The summed E-state index contributed by atoms with van der Waals surface area (Å²) in [5, 5.41) is 5.64. The van der Waals surface area contributed by atoms with Gasteiger partial charge in [-0.25, -0.2) is 9.98 Å². The summed E-state index contributed by atoms with van der Waals surface area (Å²) in [6, 6.07) is 14.9. The Hall–Kier alpha value is -3.43. The molecule has 3 aromatic rings. The highest BCUT2D eigenvalue weighted by Crippen LogP contribution is 2.33. The molecule has 2 aromatic carbocycles. The Morgan fingerprint density at radius 2 is 1.94 bits per heavy atom. The van der Waals surface area contributed by atoms with Crippen molar-refractivity contribution in [1.29, 1.82) is 0 Å². The molecule has 1 saturated heterocycles. The molecule has 162 valence electrons. The molecule has 32 heavy (non-hydrogen) atoms. The number of nitrogens with zero attached hydrogens (tertiary/aromatic N) is 3. The third-order valence-electron chi connectivity index (χ3n) is 4.61. The molecule has 0 saturated carbocycles. The van der Waals surface area contributed by atoms with Crippen molar-refractivity contribution in [3.63, 3.8) is 0 Å². The smallest absolute Gasteiger partial charge is 0.264 e. The molecule has 0 unspecified atom stereocenters. The van der Waals surface area contributed by atoms with Crippen molar-refractivity contribution in [2.24, 2.45) is 4.99 Å². The number of thioether (sulfide) groups is 1. The number of hydrogen-bond acceptors (Lipinski definition) is 7. The maximum Gasteiger partial charge on any atom is 0.264 e. The molecule has 2 amide bonds. The van der Waals surface area contributed by atoms with E-state index in [0.717, 1.165) is 11.3 Å². The summed E-state index contributed by atoms with van der Waals surface area (Å²) >= 11 is 2.59. The Kier molecular flexibility index (Phi) is 6.38. The second-order valence-corrected chi connectivity index (χ2v) is 8.74. The van der Waals surface area contributed by atoms with E-state index in [-0.39, 0.29) is 11.8 Å². The van der Waals surface area contributed by atoms with Crippen molar-refractivity contribution in [3.05, 3.63) is 70.1 Å². The van der Waals surface area contributed by atoms with E-state index in [0.29, 0.717) is 32.3 Å². The van der Waals surface area contributed by atoms with E-state index in [9.17, 15) is 9.59 Å². The topological polar surface area (TPSA) is 83.9 Å². The number of amidine groups is 1. The van der Waals surface area contributed by atoms with Gasteiger partial charge in [0, 0.05) is 12.3 Å². The van der Waals surface area contributed by atoms with Crippen molar-refractivity contribution < 1.29 is 14.3 Å². The van der Waals surface area contributed by atoms with Crippen LogP contribution in [0.2, 0.25) is 0 Å². The van der Waals surface area contributed by atoms with Crippen molar-refractivity contribution in [2.75, 3.05) is 12.0 Å². The van der Waals surface area contributed by atoms with Gasteiger partial charge in [0.15, 0.2) is 10.3 Å². The molecule has 1 aliphatic rings. The quantitative estimate of drug-likeness (QED) is 0.535. The lowest BCUT2D eigenvalue weighted by Gasteiger charge is -2.18. The minimum absolute atomic E-state index is 0.163. The van der Waals surface area contributed by atoms with Crippen LogP contribution in [0, 0.1) is 6.92 Å². The minimum Gasteiger partial charge on any atom is -0.497 e. The minimum atomic E-state index is -0.226. The van der Waals surface area contributed by atoms with Gasteiger partial charge in [-0.15, -0.1) is 11.3 Å². The van der Waals surface area contributed by atoms with Gasteiger partial charge in [-0.1, -0.05) is 18.2 Å². The number of aliphatic imine (C=N–C) groups is 1. The van der Waals surface area contributed by atoms with Crippen LogP contribution in [0.25, 0.3) is 6.08 Å². The third kappa shape index (κ3) is 4.74. The number of aryl methyl sites for hydroxylation is 1. The van der Waals surface area contributed by atoms with E-state index in [1.165, 1.54) is 34.9 Å². The molecule has 4 rings (SSSR count). The maximum atomic E-state index is 12.4. The fourth-order valence-corrected chi connectivity index (χ4v) is 4.68.